The van der Waals surface area contributed by atoms with E-state index < -0.39 is 12.0 Å². The standard InChI is InChI=1S/C13H18N2O4S/c16-11-3-9(5-14(11)4-8-1-2-8)12(17)15-7-20-6-10(15)13(18)19/h8-10H,1-7H2,(H,18,19)/t9?,10-/m0/s1. The van der Waals surface area contributed by atoms with Gasteiger partial charge in [-0.2, -0.15) is 0 Å². The van der Waals surface area contributed by atoms with Gasteiger partial charge in [-0.1, -0.05) is 0 Å². The molecule has 3 aliphatic rings. The Balaban J connectivity index is 1.62. The molecule has 1 unspecified atom stereocenters. The summed E-state index contributed by atoms with van der Waals surface area (Å²) in [6, 6.07) is -0.736. The van der Waals surface area contributed by atoms with Crippen molar-refractivity contribution < 1.29 is 19.5 Å². The zero-order valence-corrected chi connectivity index (χ0v) is 12.0. The summed E-state index contributed by atoms with van der Waals surface area (Å²) in [6.45, 7) is 1.22. The van der Waals surface area contributed by atoms with Gasteiger partial charge in [0.05, 0.1) is 11.8 Å². The molecule has 2 amide bonds. The molecular formula is C13H18N2O4S. The number of thioether (sulfide) groups is 1. The first-order valence-electron chi connectivity index (χ1n) is 6.95. The number of carboxylic acid groups (broad SMARTS) is 1. The summed E-state index contributed by atoms with van der Waals surface area (Å²) in [5, 5.41) is 9.12. The van der Waals surface area contributed by atoms with Gasteiger partial charge in [-0.3, -0.25) is 9.59 Å². The number of aliphatic carboxylic acids is 1. The summed E-state index contributed by atoms with van der Waals surface area (Å²) in [5.74, 6) is 0.0191. The Morgan fingerprint density at radius 2 is 2.10 bits per heavy atom. The van der Waals surface area contributed by atoms with Crippen molar-refractivity contribution in [2.45, 2.75) is 25.3 Å². The average Bonchev–Trinajstić information content (AvgIpc) is 2.95. The quantitative estimate of drug-likeness (QED) is 0.804. The minimum absolute atomic E-state index is 0.0361. The molecule has 3 fully saturated rings. The van der Waals surface area contributed by atoms with E-state index in [-0.39, 0.29) is 24.2 Å². The summed E-state index contributed by atoms with van der Waals surface area (Å²) in [5.41, 5.74) is 0. The van der Waals surface area contributed by atoms with Gasteiger partial charge in [-0.25, -0.2) is 4.79 Å². The molecule has 20 heavy (non-hydrogen) atoms. The van der Waals surface area contributed by atoms with E-state index in [2.05, 4.69) is 0 Å². The average molecular weight is 298 g/mol. The summed E-state index contributed by atoms with van der Waals surface area (Å²) < 4.78 is 0. The van der Waals surface area contributed by atoms with Gasteiger partial charge < -0.3 is 14.9 Å². The van der Waals surface area contributed by atoms with Crippen molar-refractivity contribution in [3.05, 3.63) is 0 Å². The molecule has 7 heteroatoms. The first kappa shape index (κ1) is 13.7. The van der Waals surface area contributed by atoms with Gasteiger partial charge in [0, 0.05) is 25.3 Å². The highest BCUT2D eigenvalue weighted by Crippen LogP contribution is 2.33. The molecule has 2 saturated heterocycles. The maximum atomic E-state index is 12.4. The third-order valence-electron chi connectivity index (χ3n) is 4.19. The summed E-state index contributed by atoms with van der Waals surface area (Å²) in [4.78, 5) is 38.7. The van der Waals surface area contributed by atoms with Crippen molar-refractivity contribution in [2.24, 2.45) is 11.8 Å². The molecule has 0 aromatic heterocycles. The Morgan fingerprint density at radius 1 is 1.35 bits per heavy atom. The molecule has 2 aliphatic heterocycles. The SMILES string of the molecule is O=C(O)[C@@H]1CSCN1C(=O)C1CC(=O)N(CC2CC2)C1. The van der Waals surface area contributed by atoms with Crippen molar-refractivity contribution in [2.75, 3.05) is 24.7 Å². The number of hydrogen-bond acceptors (Lipinski definition) is 4. The predicted octanol–water partition coefficient (Wildman–Crippen LogP) is 0.231. The van der Waals surface area contributed by atoms with E-state index in [1.54, 1.807) is 4.90 Å². The summed E-state index contributed by atoms with van der Waals surface area (Å²) in [6.07, 6.45) is 2.58. The van der Waals surface area contributed by atoms with Crippen molar-refractivity contribution >= 4 is 29.5 Å². The van der Waals surface area contributed by atoms with Gasteiger partial charge in [0.1, 0.15) is 6.04 Å². The largest absolute Gasteiger partial charge is 0.480 e. The molecule has 2 heterocycles. The molecule has 6 nitrogen and oxygen atoms in total. The molecule has 1 saturated carbocycles. The minimum atomic E-state index is -0.956. The topological polar surface area (TPSA) is 77.9 Å². The summed E-state index contributed by atoms with van der Waals surface area (Å²) >= 11 is 1.45. The zero-order valence-electron chi connectivity index (χ0n) is 11.2. The highest BCUT2D eigenvalue weighted by molar-refractivity contribution is 7.99. The molecule has 0 aromatic rings. The lowest BCUT2D eigenvalue weighted by molar-refractivity contribution is -0.149. The molecular weight excluding hydrogens is 280 g/mol. The van der Waals surface area contributed by atoms with Crippen molar-refractivity contribution in [1.29, 1.82) is 0 Å². The zero-order chi connectivity index (χ0) is 14.3. The van der Waals surface area contributed by atoms with Crippen molar-refractivity contribution in [3.8, 4) is 0 Å². The van der Waals surface area contributed by atoms with E-state index >= 15 is 0 Å². The van der Waals surface area contributed by atoms with Crippen LogP contribution in [0.3, 0.4) is 0 Å². The molecule has 110 valence electrons. The Labute approximate surface area is 121 Å². The number of rotatable bonds is 4. The number of carboxylic acids is 1. The van der Waals surface area contributed by atoms with Crippen molar-refractivity contribution in [1.82, 2.24) is 9.80 Å². The molecule has 0 radical (unpaired) electrons. The Morgan fingerprint density at radius 3 is 2.75 bits per heavy atom. The molecule has 1 N–H and O–H groups in total. The van der Waals surface area contributed by atoms with E-state index in [0.29, 0.717) is 24.1 Å². The normalized spacial score (nSPS) is 30.1. The first-order chi connectivity index (χ1) is 9.56. The van der Waals surface area contributed by atoms with Crippen LogP contribution in [0.5, 0.6) is 0 Å². The number of carbonyl (C=O) groups is 3. The molecule has 1 aliphatic carbocycles. The second-order valence-corrected chi connectivity index (χ2v) is 6.80. The highest BCUT2D eigenvalue weighted by Gasteiger charge is 2.42. The van der Waals surface area contributed by atoms with Gasteiger partial charge in [-0.05, 0) is 18.8 Å². The molecule has 0 aromatic carbocycles. The van der Waals surface area contributed by atoms with Crippen LogP contribution in [-0.4, -0.2) is 63.5 Å². The third kappa shape index (κ3) is 2.63. The first-order valence-corrected chi connectivity index (χ1v) is 8.10. The maximum absolute atomic E-state index is 12.4. The molecule has 2 atom stereocenters. The molecule has 3 rings (SSSR count). The predicted molar refractivity (Wildman–Crippen MR) is 73.0 cm³/mol. The number of amides is 2. The van der Waals surface area contributed by atoms with Crippen LogP contribution in [0.4, 0.5) is 0 Å². The fraction of sp³-hybridized carbons (Fsp3) is 0.769. The Kier molecular flexibility index (Phi) is 3.62. The Bertz CT molecular complexity index is 452. The highest BCUT2D eigenvalue weighted by atomic mass is 32.2. The number of carbonyl (C=O) groups excluding carboxylic acids is 2. The van der Waals surface area contributed by atoms with E-state index in [9.17, 15) is 14.4 Å². The summed E-state index contributed by atoms with van der Waals surface area (Å²) in [7, 11) is 0. The van der Waals surface area contributed by atoms with Gasteiger partial charge in [-0.15, -0.1) is 11.8 Å². The number of likely N-dealkylation sites (tertiary alicyclic amines) is 1. The van der Waals surface area contributed by atoms with E-state index in [4.69, 9.17) is 5.11 Å². The van der Waals surface area contributed by atoms with Crippen LogP contribution in [0.25, 0.3) is 0 Å². The molecule has 0 spiro atoms. The van der Waals surface area contributed by atoms with Gasteiger partial charge >= 0.3 is 5.97 Å². The lowest BCUT2D eigenvalue weighted by Crippen LogP contribution is -2.45. The lowest BCUT2D eigenvalue weighted by atomic mass is 10.1. The fourth-order valence-corrected chi connectivity index (χ4v) is 3.98. The van der Waals surface area contributed by atoms with Crippen LogP contribution < -0.4 is 0 Å². The van der Waals surface area contributed by atoms with Gasteiger partial charge in [0.15, 0.2) is 0 Å². The number of hydrogen-bond donors (Lipinski definition) is 1. The van der Waals surface area contributed by atoms with Crippen LogP contribution >= 0.6 is 11.8 Å². The number of nitrogens with zero attached hydrogens (tertiary/aromatic N) is 2. The second-order valence-electron chi connectivity index (χ2n) is 5.81. The van der Waals surface area contributed by atoms with E-state index in [0.717, 1.165) is 6.54 Å². The molecule has 0 bridgehead atoms. The smallest absolute Gasteiger partial charge is 0.327 e. The van der Waals surface area contributed by atoms with Gasteiger partial charge in [0.2, 0.25) is 11.8 Å². The van der Waals surface area contributed by atoms with Crippen LogP contribution in [0.15, 0.2) is 0 Å². The third-order valence-corrected chi connectivity index (χ3v) is 5.20. The van der Waals surface area contributed by atoms with Crippen molar-refractivity contribution in [3.63, 3.8) is 0 Å². The second kappa shape index (κ2) is 5.27. The lowest BCUT2D eigenvalue weighted by Gasteiger charge is -2.23. The Hall–Kier alpha value is -1.24. The van der Waals surface area contributed by atoms with Crippen LogP contribution in [0, 0.1) is 11.8 Å². The van der Waals surface area contributed by atoms with Crippen LogP contribution in [0.2, 0.25) is 0 Å². The van der Waals surface area contributed by atoms with E-state index in [1.165, 1.54) is 29.5 Å². The maximum Gasteiger partial charge on any atom is 0.327 e. The van der Waals surface area contributed by atoms with Crippen LogP contribution in [0.1, 0.15) is 19.3 Å². The minimum Gasteiger partial charge on any atom is -0.480 e. The fourth-order valence-electron chi connectivity index (χ4n) is 2.83. The van der Waals surface area contributed by atoms with Crippen LogP contribution in [-0.2, 0) is 14.4 Å². The van der Waals surface area contributed by atoms with E-state index in [1.807, 2.05) is 0 Å². The van der Waals surface area contributed by atoms with Gasteiger partial charge in [0.25, 0.3) is 0 Å². The monoisotopic (exact) mass is 298 g/mol.